The molecular formula is C20H23NO8S. The first kappa shape index (κ1) is 22.0. The highest BCUT2D eigenvalue weighted by molar-refractivity contribution is 7.89. The Morgan fingerprint density at radius 3 is 2.47 bits per heavy atom. The number of nitrogens with zero attached hydrogens (tertiary/aromatic N) is 1. The molecule has 1 saturated heterocycles. The Kier molecular flexibility index (Phi) is 6.59. The van der Waals surface area contributed by atoms with Crippen LogP contribution in [0.5, 0.6) is 0 Å². The van der Waals surface area contributed by atoms with Crippen molar-refractivity contribution in [2.24, 2.45) is 0 Å². The highest BCUT2D eigenvalue weighted by Gasteiger charge is 2.28. The molecule has 0 amide bonds. The Labute approximate surface area is 174 Å². The average Bonchev–Trinajstić information content (AvgIpc) is 3.12. The fraction of sp³-hybridized carbons (Fsp3) is 0.400. The van der Waals surface area contributed by atoms with Crippen LogP contribution in [0.25, 0.3) is 0 Å². The van der Waals surface area contributed by atoms with E-state index >= 15 is 0 Å². The van der Waals surface area contributed by atoms with E-state index < -0.39 is 22.0 Å². The second-order valence-corrected chi connectivity index (χ2v) is 8.65. The minimum atomic E-state index is -3.75. The van der Waals surface area contributed by atoms with Crippen LogP contribution < -0.4 is 0 Å². The van der Waals surface area contributed by atoms with Gasteiger partial charge < -0.3 is 18.6 Å². The highest BCUT2D eigenvalue weighted by atomic mass is 32.2. The van der Waals surface area contributed by atoms with Crippen molar-refractivity contribution in [3.05, 3.63) is 52.5 Å². The summed E-state index contributed by atoms with van der Waals surface area (Å²) in [7, 11) is -2.50. The summed E-state index contributed by atoms with van der Waals surface area (Å²) in [6, 6.07) is 5.83. The zero-order valence-corrected chi connectivity index (χ0v) is 17.8. The maximum atomic E-state index is 13.0. The normalized spacial score (nSPS) is 15.0. The van der Waals surface area contributed by atoms with E-state index in [9.17, 15) is 18.0 Å². The molecule has 30 heavy (non-hydrogen) atoms. The zero-order valence-electron chi connectivity index (χ0n) is 17.0. The molecule has 1 aromatic carbocycles. The molecule has 0 N–H and O–H groups in total. The number of esters is 2. The van der Waals surface area contributed by atoms with Gasteiger partial charge in [-0.1, -0.05) is 6.07 Å². The van der Waals surface area contributed by atoms with E-state index in [1.807, 2.05) is 0 Å². The van der Waals surface area contributed by atoms with Crippen molar-refractivity contribution in [3.8, 4) is 0 Å². The summed E-state index contributed by atoms with van der Waals surface area (Å²) in [5.74, 6) is -0.635. The van der Waals surface area contributed by atoms with Gasteiger partial charge in [0.2, 0.25) is 10.0 Å². The standard InChI is InChI=1S/C20H23NO8S/c1-13-4-5-15(10-18(13)30(24,25)21-6-8-27-9-7-21)19(22)28-12-16-11-17(14(2)29-16)20(23)26-3/h4-5,10-11H,6-9,12H2,1-3H3. The Balaban J connectivity index is 1.76. The molecule has 9 nitrogen and oxygen atoms in total. The third-order valence-corrected chi connectivity index (χ3v) is 6.77. The van der Waals surface area contributed by atoms with Gasteiger partial charge in [-0.15, -0.1) is 0 Å². The quantitative estimate of drug-likeness (QED) is 0.631. The number of rotatable bonds is 6. The van der Waals surface area contributed by atoms with Gasteiger partial charge >= 0.3 is 11.9 Å². The van der Waals surface area contributed by atoms with Crippen LogP contribution in [-0.2, 0) is 30.8 Å². The van der Waals surface area contributed by atoms with Crippen LogP contribution >= 0.6 is 0 Å². The van der Waals surface area contributed by atoms with Crippen molar-refractivity contribution in [1.29, 1.82) is 0 Å². The van der Waals surface area contributed by atoms with E-state index in [-0.39, 0.29) is 41.5 Å². The number of methoxy groups -OCH3 is 1. The fourth-order valence-electron chi connectivity index (χ4n) is 3.08. The monoisotopic (exact) mass is 437 g/mol. The molecule has 1 aliphatic heterocycles. The number of furan rings is 1. The lowest BCUT2D eigenvalue weighted by Gasteiger charge is -2.26. The minimum Gasteiger partial charge on any atom is -0.465 e. The lowest BCUT2D eigenvalue weighted by molar-refractivity contribution is 0.0443. The first-order valence-electron chi connectivity index (χ1n) is 9.27. The molecule has 2 aromatic rings. The topological polar surface area (TPSA) is 112 Å². The summed E-state index contributed by atoms with van der Waals surface area (Å²) in [5, 5.41) is 0. The smallest absolute Gasteiger partial charge is 0.341 e. The predicted octanol–water partition coefficient (Wildman–Crippen LogP) is 2.06. The third-order valence-electron chi connectivity index (χ3n) is 4.73. The van der Waals surface area contributed by atoms with Crippen LogP contribution in [0.3, 0.4) is 0 Å². The molecular weight excluding hydrogens is 414 g/mol. The molecule has 0 unspecified atom stereocenters. The fourth-order valence-corrected chi connectivity index (χ4v) is 4.74. The van der Waals surface area contributed by atoms with Crippen molar-refractivity contribution >= 4 is 22.0 Å². The molecule has 0 bridgehead atoms. The molecule has 1 aliphatic rings. The number of hydrogen-bond donors (Lipinski definition) is 0. The molecule has 0 spiro atoms. The van der Waals surface area contributed by atoms with Crippen molar-refractivity contribution in [3.63, 3.8) is 0 Å². The van der Waals surface area contributed by atoms with Gasteiger partial charge in [-0.25, -0.2) is 18.0 Å². The molecule has 1 aromatic heterocycles. The van der Waals surface area contributed by atoms with E-state index in [2.05, 4.69) is 4.74 Å². The van der Waals surface area contributed by atoms with Crippen LogP contribution in [0.15, 0.2) is 33.6 Å². The molecule has 162 valence electrons. The van der Waals surface area contributed by atoms with E-state index in [1.165, 1.54) is 29.6 Å². The van der Waals surface area contributed by atoms with E-state index in [0.29, 0.717) is 24.5 Å². The SMILES string of the molecule is COC(=O)c1cc(COC(=O)c2ccc(C)c(S(=O)(=O)N3CCOCC3)c2)oc1C. The largest absolute Gasteiger partial charge is 0.465 e. The lowest BCUT2D eigenvalue weighted by Crippen LogP contribution is -2.40. The highest BCUT2D eigenvalue weighted by Crippen LogP contribution is 2.23. The number of sulfonamides is 1. The molecule has 0 atom stereocenters. The maximum absolute atomic E-state index is 13.0. The van der Waals surface area contributed by atoms with Gasteiger partial charge in [0, 0.05) is 13.1 Å². The number of carbonyl (C=O) groups excluding carboxylic acids is 2. The summed E-state index contributed by atoms with van der Waals surface area (Å²) in [6.07, 6.45) is 0. The number of aryl methyl sites for hydroxylation is 2. The summed E-state index contributed by atoms with van der Waals surface area (Å²) in [5.41, 5.74) is 0.879. The van der Waals surface area contributed by atoms with Gasteiger partial charge in [0.15, 0.2) is 0 Å². The zero-order chi connectivity index (χ0) is 21.9. The molecule has 2 heterocycles. The van der Waals surface area contributed by atoms with E-state index in [0.717, 1.165) is 0 Å². The second-order valence-electron chi connectivity index (χ2n) is 6.75. The molecule has 3 rings (SSSR count). The lowest BCUT2D eigenvalue weighted by atomic mass is 10.1. The molecule has 0 radical (unpaired) electrons. The summed E-state index contributed by atoms with van der Waals surface area (Å²) in [6.45, 7) is 4.23. The second kappa shape index (κ2) is 8.99. The van der Waals surface area contributed by atoms with Gasteiger partial charge in [0.05, 0.1) is 30.8 Å². The van der Waals surface area contributed by atoms with Crippen molar-refractivity contribution in [2.75, 3.05) is 33.4 Å². The van der Waals surface area contributed by atoms with Crippen LogP contribution in [-0.4, -0.2) is 58.1 Å². The molecule has 1 fully saturated rings. The third kappa shape index (κ3) is 4.55. The Morgan fingerprint density at radius 1 is 1.10 bits per heavy atom. The van der Waals surface area contributed by atoms with E-state index in [1.54, 1.807) is 19.9 Å². The Morgan fingerprint density at radius 2 is 1.80 bits per heavy atom. The van der Waals surface area contributed by atoms with Gasteiger partial charge in [0.25, 0.3) is 0 Å². The van der Waals surface area contributed by atoms with Gasteiger partial charge in [0.1, 0.15) is 23.7 Å². The van der Waals surface area contributed by atoms with E-state index in [4.69, 9.17) is 13.9 Å². The van der Waals surface area contributed by atoms with Crippen LogP contribution in [0.1, 0.15) is 37.8 Å². The van der Waals surface area contributed by atoms with Crippen LogP contribution in [0.2, 0.25) is 0 Å². The summed E-state index contributed by atoms with van der Waals surface area (Å²) < 4.78 is 47.8. The van der Waals surface area contributed by atoms with Crippen molar-refractivity contribution < 1.29 is 36.6 Å². The Hall–Kier alpha value is -2.69. The first-order chi connectivity index (χ1) is 14.2. The number of hydrogen-bond acceptors (Lipinski definition) is 8. The number of carbonyl (C=O) groups is 2. The molecule has 0 aliphatic carbocycles. The predicted molar refractivity (Wildman–Crippen MR) is 105 cm³/mol. The van der Waals surface area contributed by atoms with Crippen LogP contribution in [0.4, 0.5) is 0 Å². The van der Waals surface area contributed by atoms with Crippen LogP contribution in [0, 0.1) is 13.8 Å². The molecule has 10 heteroatoms. The summed E-state index contributed by atoms with van der Waals surface area (Å²) >= 11 is 0. The Bertz CT molecular complexity index is 1050. The van der Waals surface area contributed by atoms with Gasteiger partial charge in [-0.05, 0) is 37.6 Å². The van der Waals surface area contributed by atoms with Crippen molar-refractivity contribution in [1.82, 2.24) is 4.31 Å². The molecule has 0 saturated carbocycles. The number of ether oxygens (including phenoxy) is 3. The van der Waals surface area contributed by atoms with Crippen molar-refractivity contribution in [2.45, 2.75) is 25.3 Å². The summed E-state index contributed by atoms with van der Waals surface area (Å²) in [4.78, 5) is 24.2. The minimum absolute atomic E-state index is 0.0562. The number of morpholine rings is 1. The maximum Gasteiger partial charge on any atom is 0.341 e. The first-order valence-corrected chi connectivity index (χ1v) is 10.7. The average molecular weight is 437 g/mol. The van der Waals surface area contributed by atoms with Gasteiger partial charge in [-0.2, -0.15) is 4.31 Å². The number of benzene rings is 1. The van der Waals surface area contributed by atoms with Gasteiger partial charge in [-0.3, -0.25) is 0 Å².